The number of aromatic carboxylic acids is 1. The zero-order valence-electron chi connectivity index (χ0n) is 9.22. The molecule has 1 saturated heterocycles. The summed E-state index contributed by atoms with van der Waals surface area (Å²) in [5.74, 6) is -0.887. The highest BCUT2D eigenvalue weighted by atomic mass is 16.4. The number of aromatic nitrogens is 1. The summed E-state index contributed by atoms with van der Waals surface area (Å²) in [6.45, 7) is 2.96. The minimum absolute atomic E-state index is 0.321. The highest BCUT2D eigenvalue weighted by Gasteiger charge is 2.12. The Morgan fingerprint density at radius 3 is 2.81 bits per heavy atom. The lowest BCUT2D eigenvalue weighted by atomic mass is 10.1. The average molecular weight is 220 g/mol. The first-order valence-electron chi connectivity index (χ1n) is 5.66. The molecule has 16 heavy (non-hydrogen) atoms. The SMILES string of the molecule is O=C(O)c1ccnc(CN2CCCCC2)c1. The summed E-state index contributed by atoms with van der Waals surface area (Å²) in [4.78, 5) is 17.3. The highest BCUT2D eigenvalue weighted by Crippen LogP contribution is 2.12. The van der Waals surface area contributed by atoms with Gasteiger partial charge in [0, 0.05) is 12.7 Å². The van der Waals surface area contributed by atoms with Gasteiger partial charge < -0.3 is 5.11 Å². The van der Waals surface area contributed by atoms with Crippen molar-refractivity contribution in [3.05, 3.63) is 29.6 Å². The van der Waals surface area contributed by atoms with Crippen LogP contribution in [-0.4, -0.2) is 34.0 Å². The molecule has 2 heterocycles. The number of rotatable bonds is 3. The van der Waals surface area contributed by atoms with Crippen LogP contribution in [-0.2, 0) is 6.54 Å². The molecule has 1 aliphatic rings. The van der Waals surface area contributed by atoms with Crippen molar-refractivity contribution in [3.63, 3.8) is 0 Å². The van der Waals surface area contributed by atoms with Crippen molar-refractivity contribution >= 4 is 5.97 Å². The Morgan fingerprint density at radius 2 is 2.12 bits per heavy atom. The molecule has 0 spiro atoms. The second-order valence-corrected chi connectivity index (χ2v) is 4.18. The molecule has 1 N–H and O–H groups in total. The van der Waals surface area contributed by atoms with E-state index in [0.29, 0.717) is 5.56 Å². The van der Waals surface area contributed by atoms with E-state index < -0.39 is 5.97 Å². The molecule has 0 aliphatic carbocycles. The third kappa shape index (κ3) is 2.79. The molecule has 0 aromatic carbocycles. The van der Waals surface area contributed by atoms with Crippen LogP contribution in [0.4, 0.5) is 0 Å². The number of carboxylic acids is 1. The third-order valence-electron chi connectivity index (χ3n) is 2.90. The third-order valence-corrected chi connectivity index (χ3v) is 2.90. The molecule has 86 valence electrons. The molecular formula is C12H16N2O2. The van der Waals surface area contributed by atoms with E-state index in [0.717, 1.165) is 25.3 Å². The van der Waals surface area contributed by atoms with Gasteiger partial charge >= 0.3 is 5.97 Å². The smallest absolute Gasteiger partial charge is 0.335 e. The van der Waals surface area contributed by atoms with Crippen molar-refractivity contribution in [1.82, 2.24) is 9.88 Å². The van der Waals surface area contributed by atoms with Gasteiger partial charge in [0.1, 0.15) is 0 Å². The first-order chi connectivity index (χ1) is 7.75. The Morgan fingerprint density at radius 1 is 1.38 bits per heavy atom. The summed E-state index contributed by atoms with van der Waals surface area (Å²) in [6.07, 6.45) is 5.35. The monoisotopic (exact) mass is 220 g/mol. The Hall–Kier alpha value is -1.42. The number of likely N-dealkylation sites (tertiary alicyclic amines) is 1. The van der Waals surface area contributed by atoms with Crippen LogP contribution >= 0.6 is 0 Å². The Labute approximate surface area is 94.9 Å². The topological polar surface area (TPSA) is 53.4 Å². The van der Waals surface area contributed by atoms with Gasteiger partial charge in [0.2, 0.25) is 0 Å². The molecule has 0 bridgehead atoms. The van der Waals surface area contributed by atoms with Crippen molar-refractivity contribution in [3.8, 4) is 0 Å². The lowest BCUT2D eigenvalue weighted by molar-refractivity contribution is 0.0696. The van der Waals surface area contributed by atoms with Crippen molar-refractivity contribution in [1.29, 1.82) is 0 Å². The molecule has 4 heteroatoms. The van der Waals surface area contributed by atoms with Gasteiger partial charge in [-0.2, -0.15) is 0 Å². The van der Waals surface area contributed by atoms with Gasteiger partial charge in [0.05, 0.1) is 11.3 Å². The van der Waals surface area contributed by atoms with E-state index >= 15 is 0 Å². The van der Waals surface area contributed by atoms with Crippen molar-refractivity contribution in [2.24, 2.45) is 0 Å². The molecule has 4 nitrogen and oxygen atoms in total. The minimum atomic E-state index is -0.887. The maximum absolute atomic E-state index is 10.8. The average Bonchev–Trinajstić information content (AvgIpc) is 2.30. The van der Waals surface area contributed by atoms with E-state index in [1.807, 2.05) is 0 Å². The molecule has 0 amide bonds. The van der Waals surface area contributed by atoms with Crippen LogP contribution in [0.5, 0.6) is 0 Å². The second kappa shape index (κ2) is 5.07. The maximum Gasteiger partial charge on any atom is 0.335 e. The van der Waals surface area contributed by atoms with Crippen LogP contribution in [0.25, 0.3) is 0 Å². The minimum Gasteiger partial charge on any atom is -0.478 e. The fraction of sp³-hybridized carbons (Fsp3) is 0.500. The van der Waals surface area contributed by atoms with Gasteiger partial charge in [0.15, 0.2) is 0 Å². The van der Waals surface area contributed by atoms with Crippen molar-refractivity contribution in [2.45, 2.75) is 25.8 Å². The lowest BCUT2D eigenvalue weighted by Gasteiger charge is -2.25. The summed E-state index contributed by atoms with van der Waals surface area (Å²) >= 11 is 0. The first kappa shape index (κ1) is 11.1. The normalized spacial score (nSPS) is 17.2. The quantitative estimate of drug-likeness (QED) is 0.843. The van der Waals surface area contributed by atoms with Gasteiger partial charge in [-0.25, -0.2) is 4.79 Å². The molecule has 2 rings (SSSR count). The Kier molecular flexibility index (Phi) is 3.51. The largest absolute Gasteiger partial charge is 0.478 e. The lowest BCUT2D eigenvalue weighted by Crippen LogP contribution is -2.29. The summed E-state index contributed by atoms with van der Waals surface area (Å²) in [5, 5.41) is 8.87. The summed E-state index contributed by atoms with van der Waals surface area (Å²) < 4.78 is 0. The zero-order valence-corrected chi connectivity index (χ0v) is 9.22. The van der Waals surface area contributed by atoms with Gasteiger partial charge in [-0.3, -0.25) is 9.88 Å². The van der Waals surface area contributed by atoms with Gasteiger partial charge in [-0.1, -0.05) is 6.42 Å². The van der Waals surface area contributed by atoms with E-state index in [9.17, 15) is 4.79 Å². The number of piperidine rings is 1. The van der Waals surface area contributed by atoms with Gasteiger partial charge in [-0.15, -0.1) is 0 Å². The molecule has 0 unspecified atom stereocenters. The number of nitrogens with zero attached hydrogens (tertiary/aromatic N) is 2. The van der Waals surface area contributed by atoms with Crippen LogP contribution in [0.2, 0.25) is 0 Å². The van der Waals surface area contributed by atoms with E-state index in [2.05, 4.69) is 9.88 Å². The summed E-state index contributed by atoms with van der Waals surface area (Å²) in [5.41, 5.74) is 1.17. The maximum atomic E-state index is 10.8. The number of carboxylic acid groups (broad SMARTS) is 1. The number of carbonyl (C=O) groups is 1. The van der Waals surface area contributed by atoms with Crippen molar-refractivity contribution < 1.29 is 9.90 Å². The predicted octanol–water partition coefficient (Wildman–Crippen LogP) is 1.77. The van der Waals surface area contributed by atoms with Crippen LogP contribution in [0.3, 0.4) is 0 Å². The molecule has 1 aromatic heterocycles. The fourth-order valence-electron chi connectivity index (χ4n) is 2.04. The van der Waals surface area contributed by atoms with Crippen LogP contribution in [0, 0.1) is 0 Å². The highest BCUT2D eigenvalue weighted by molar-refractivity contribution is 5.87. The molecule has 1 aliphatic heterocycles. The molecule has 1 aromatic rings. The van der Waals surface area contributed by atoms with Gasteiger partial charge in [0.25, 0.3) is 0 Å². The molecule has 1 fully saturated rings. The van der Waals surface area contributed by atoms with E-state index in [4.69, 9.17) is 5.11 Å². The molecular weight excluding hydrogens is 204 g/mol. The number of hydrogen-bond acceptors (Lipinski definition) is 3. The molecule has 0 saturated carbocycles. The fourth-order valence-corrected chi connectivity index (χ4v) is 2.04. The Balaban J connectivity index is 2.02. The van der Waals surface area contributed by atoms with E-state index in [-0.39, 0.29) is 0 Å². The summed E-state index contributed by atoms with van der Waals surface area (Å²) in [7, 11) is 0. The van der Waals surface area contributed by atoms with Crippen molar-refractivity contribution in [2.75, 3.05) is 13.1 Å². The molecule has 0 radical (unpaired) electrons. The van der Waals surface area contributed by atoms with E-state index in [1.165, 1.54) is 25.3 Å². The van der Waals surface area contributed by atoms with Crippen LogP contribution in [0.1, 0.15) is 35.3 Å². The Bertz CT molecular complexity index is 373. The number of hydrogen-bond donors (Lipinski definition) is 1. The first-order valence-corrected chi connectivity index (χ1v) is 5.66. The summed E-state index contributed by atoms with van der Waals surface area (Å²) in [6, 6.07) is 3.19. The van der Waals surface area contributed by atoms with Crippen LogP contribution < -0.4 is 0 Å². The molecule has 0 atom stereocenters. The number of pyridine rings is 1. The predicted molar refractivity (Wildman–Crippen MR) is 60.3 cm³/mol. The van der Waals surface area contributed by atoms with Crippen LogP contribution in [0.15, 0.2) is 18.3 Å². The standard InChI is InChI=1S/C12H16N2O2/c15-12(16)10-4-5-13-11(8-10)9-14-6-2-1-3-7-14/h4-5,8H,1-3,6-7,9H2,(H,15,16). The van der Waals surface area contributed by atoms with Gasteiger partial charge in [-0.05, 0) is 38.1 Å². The zero-order chi connectivity index (χ0) is 11.4. The second-order valence-electron chi connectivity index (χ2n) is 4.18. The van der Waals surface area contributed by atoms with E-state index in [1.54, 1.807) is 12.3 Å².